The van der Waals surface area contributed by atoms with Gasteiger partial charge in [-0.05, 0) is 43.5 Å². The van der Waals surface area contributed by atoms with Gasteiger partial charge in [0.25, 0.3) is 5.91 Å². The summed E-state index contributed by atoms with van der Waals surface area (Å²) < 4.78 is 13.0. The predicted molar refractivity (Wildman–Crippen MR) is 144 cm³/mol. The Balaban J connectivity index is 1.36. The van der Waals surface area contributed by atoms with Gasteiger partial charge in [0.2, 0.25) is 0 Å². The molecule has 1 aliphatic heterocycles. The summed E-state index contributed by atoms with van der Waals surface area (Å²) in [5.41, 5.74) is 8.73. The van der Waals surface area contributed by atoms with Crippen LogP contribution in [0.15, 0.2) is 55.1 Å². The van der Waals surface area contributed by atoms with Crippen LogP contribution in [0, 0.1) is 0 Å². The molecule has 1 atom stereocenters. The van der Waals surface area contributed by atoms with E-state index >= 15 is 0 Å². The number of likely N-dealkylation sites (tertiary alicyclic amines) is 1. The number of pyridine rings is 2. The van der Waals surface area contributed by atoms with Gasteiger partial charge in [-0.1, -0.05) is 6.07 Å². The van der Waals surface area contributed by atoms with Gasteiger partial charge in [0.15, 0.2) is 0 Å². The van der Waals surface area contributed by atoms with Crippen LogP contribution in [0.5, 0.6) is 0 Å². The second-order valence-electron chi connectivity index (χ2n) is 9.25. The SMILES string of the molecule is COCCCOCN1CCC[C@@H](c2nc(-c3ccc(C(=O)Nc4ccccn4)cn3)c3c(N)nccn23)C1. The number of methoxy groups -OCH3 is 1. The van der Waals surface area contributed by atoms with Crippen LogP contribution in [0.2, 0.25) is 0 Å². The minimum Gasteiger partial charge on any atom is -0.385 e. The highest BCUT2D eigenvalue weighted by atomic mass is 16.5. The maximum Gasteiger partial charge on any atom is 0.258 e. The molecule has 5 rings (SSSR count). The first-order chi connectivity index (χ1) is 18.6. The minimum absolute atomic E-state index is 0.206. The number of nitrogens with one attached hydrogen (secondary N) is 1. The fourth-order valence-electron chi connectivity index (χ4n) is 4.73. The topological polar surface area (TPSA) is 133 Å². The smallest absolute Gasteiger partial charge is 0.258 e. The summed E-state index contributed by atoms with van der Waals surface area (Å²) in [6.07, 6.45) is 9.69. The summed E-state index contributed by atoms with van der Waals surface area (Å²) in [5, 5.41) is 2.77. The van der Waals surface area contributed by atoms with Crippen molar-refractivity contribution in [1.29, 1.82) is 0 Å². The van der Waals surface area contributed by atoms with Gasteiger partial charge >= 0.3 is 0 Å². The number of fused-ring (bicyclic) bond motifs is 1. The number of amides is 1. The van der Waals surface area contributed by atoms with Gasteiger partial charge in [-0.3, -0.25) is 19.1 Å². The number of rotatable bonds is 10. The summed E-state index contributed by atoms with van der Waals surface area (Å²) >= 11 is 0. The van der Waals surface area contributed by atoms with Crippen molar-refractivity contribution < 1.29 is 14.3 Å². The van der Waals surface area contributed by atoms with E-state index in [1.807, 2.05) is 16.7 Å². The Morgan fingerprint density at radius 3 is 2.87 bits per heavy atom. The normalized spacial score (nSPS) is 16.1. The maximum absolute atomic E-state index is 12.6. The molecular weight excluding hydrogens is 484 g/mol. The van der Waals surface area contributed by atoms with Crippen molar-refractivity contribution in [1.82, 2.24) is 29.2 Å². The monoisotopic (exact) mass is 516 g/mol. The third kappa shape index (κ3) is 5.80. The van der Waals surface area contributed by atoms with Gasteiger partial charge in [-0.15, -0.1) is 0 Å². The highest BCUT2D eigenvalue weighted by Gasteiger charge is 2.27. The molecule has 0 aromatic carbocycles. The third-order valence-electron chi connectivity index (χ3n) is 6.57. The number of aromatic nitrogens is 5. The minimum atomic E-state index is -0.286. The first kappa shape index (κ1) is 25.7. The molecule has 0 aliphatic carbocycles. The number of hydrogen-bond donors (Lipinski definition) is 2. The number of nitrogens with two attached hydrogens (primary N) is 1. The number of nitrogens with zero attached hydrogens (tertiary/aromatic N) is 6. The molecule has 1 fully saturated rings. The Morgan fingerprint density at radius 2 is 2.08 bits per heavy atom. The van der Waals surface area contributed by atoms with Gasteiger partial charge in [0, 0.05) is 57.5 Å². The highest BCUT2D eigenvalue weighted by molar-refractivity contribution is 6.03. The van der Waals surface area contributed by atoms with E-state index in [1.54, 1.807) is 43.8 Å². The van der Waals surface area contributed by atoms with Crippen molar-refractivity contribution in [3.63, 3.8) is 0 Å². The molecule has 0 saturated carbocycles. The zero-order chi connectivity index (χ0) is 26.3. The van der Waals surface area contributed by atoms with Gasteiger partial charge in [-0.25, -0.2) is 15.0 Å². The first-order valence-corrected chi connectivity index (χ1v) is 12.7. The van der Waals surface area contributed by atoms with Crippen molar-refractivity contribution in [3.8, 4) is 11.4 Å². The van der Waals surface area contributed by atoms with Gasteiger partial charge in [0.1, 0.15) is 28.7 Å². The number of carbonyl (C=O) groups excluding carboxylic acids is 1. The molecule has 1 amide bonds. The van der Waals surface area contributed by atoms with Crippen molar-refractivity contribution in [2.45, 2.75) is 25.2 Å². The molecule has 0 bridgehead atoms. The average molecular weight is 517 g/mol. The number of ether oxygens (including phenoxy) is 2. The standard InChI is InChI=1S/C27H32N8O3/c1-37-14-5-15-38-18-34-12-4-6-20(17-34)26-33-23(24-25(28)30-11-13-35(24)26)21-9-8-19(16-31-21)27(36)32-22-7-2-3-10-29-22/h2-3,7-11,13,16,20H,4-6,12,14-15,17-18H2,1H3,(H2,28,30)(H,29,32,36)/t20-/m1/s1. The molecule has 198 valence electrons. The van der Waals surface area contributed by atoms with Gasteiger partial charge in [0.05, 0.1) is 24.6 Å². The van der Waals surface area contributed by atoms with E-state index in [-0.39, 0.29) is 11.8 Å². The van der Waals surface area contributed by atoms with Crippen LogP contribution in [-0.4, -0.2) is 75.3 Å². The lowest BCUT2D eigenvalue weighted by atomic mass is 9.97. The van der Waals surface area contributed by atoms with Gasteiger partial charge < -0.3 is 20.5 Å². The van der Waals surface area contributed by atoms with E-state index < -0.39 is 0 Å². The van der Waals surface area contributed by atoms with E-state index in [0.29, 0.717) is 54.0 Å². The number of anilines is 2. The Bertz CT molecular complexity index is 1360. The fraction of sp³-hybridized carbons (Fsp3) is 0.370. The van der Waals surface area contributed by atoms with Crippen LogP contribution in [0.25, 0.3) is 16.9 Å². The van der Waals surface area contributed by atoms with Crippen LogP contribution in [0.1, 0.15) is 41.4 Å². The summed E-state index contributed by atoms with van der Waals surface area (Å²) in [5.74, 6) is 1.71. The molecule has 0 unspecified atom stereocenters. The predicted octanol–water partition coefficient (Wildman–Crippen LogP) is 3.21. The van der Waals surface area contributed by atoms with Crippen molar-refractivity contribution in [3.05, 3.63) is 66.5 Å². The van der Waals surface area contributed by atoms with Crippen LogP contribution >= 0.6 is 0 Å². The average Bonchev–Trinajstić information content (AvgIpc) is 3.35. The molecular formula is C27H32N8O3. The largest absolute Gasteiger partial charge is 0.385 e. The molecule has 1 aliphatic rings. The van der Waals surface area contributed by atoms with Crippen molar-refractivity contribution in [2.75, 3.05) is 51.2 Å². The summed E-state index contributed by atoms with van der Waals surface area (Å²) in [4.78, 5) is 33.0. The summed E-state index contributed by atoms with van der Waals surface area (Å²) in [7, 11) is 1.70. The van der Waals surface area contributed by atoms with Crippen LogP contribution in [-0.2, 0) is 9.47 Å². The second-order valence-corrected chi connectivity index (χ2v) is 9.25. The number of piperidine rings is 1. The molecule has 3 N–H and O–H groups in total. The molecule has 0 spiro atoms. The quantitative estimate of drug-likeness (QED) is 0.305. The van der Waals surface area contributed by atoms with Crippen LogP contribution in [0.3, 0.4) is 0 Å². The van der Waals surface area contributed by atoms with E-state index in [1.165, 1.54) is 6.20 Å². The van der Waals surface area contributed by atoms with E-state index in [2.05, 4.69) is 25.2 Å². The Kier molecular flexibility index (Phi) is 8.17. The first-order valence-electron chi connectivity index (χ1n) is 12.7. The van der Waals surface area contributed by atoms with Crippen LogP contribution < -0.4 is 11.1 Å². The molecule has 5 heterocycles. The Labute approximate surface area is 221 Å². The van der Waals surface area contributed by atoms with Crippen molar-refractivity contribution >= 4 is 23.1 Å². The molecule has 4 aromatic heterocycles. The zero-order valence-corrected chi connectivity index (χ0v) is 21.4. The molecule has 1 saturated heterocycles. The molecule has 38 heavy (non-hydrogen) atoms. The summed E-state index contributed by atoms with van der Waals surface area (Å²) in [6, 6.07) is 8.84. The highest BCUT2D eigenvalue weighted by Crippen LogP contribution is 2.33. The third-order valence-corrected chi connectivity index (χ3v) is 6.57. The number of imidazole rings is 1. The number of carbonyl (C=O) groups is 1. The number of nitrogen functional groups attached to an aromatic ring is 1. The second kappa shape index (κ2) is 12.1. The summed E-state index contributed by atoms with van der Waals surface area (Å²) in [6.45, 7) is 3.79. The van der Waals surface area contributed by atoms with E-state index in [0.717, 1.165) is 38.2 Å². The lowest BCUT2D eigenvalue weighted by molar-refractivity contribution is 0.00673. The Hall–Kier alpha value is -3.93. The fourth-order valence-corrected chi connectivity index (χ4v) is 4.73. The molecule has 0 radical (unpaired) electrons. The van der Waals surface area contributed by atoms with Crippen LogP contribution in [0.4, 0.5) is 11.6 Å². The maximum atomic E-state index is 12.6. The molecule has 4 aromatic rings. The molecule has 11 heteroatoms. The lowest BCUT2D eigenvalue weighted by Gasteiger charge is -2.31. The van der Waals surface area contributed by atoms with E-state index in [4.69, 9.17) is 20.2 Å². The molecule has 11 nitrogen and oxygen atoms in total. The van der Waals surface area contributed by atoms with Crippen molar-refractivity contribution in [2.24, 2.45) is 0 Å². The zero-order valence-electron chi connectivity index (χ0n) is 21.4. The number of hydrogen-bond acceptors (Lipinski definition) is 9. The Morgan fingerprint density at radius 1 is 1.16 bits per heavy atom. The lowest BCUT2D eigenvalue weighted by Crippen LogP contribution is -2.36. The van der Waals surface area contributed by atoms with Gasteiger partial charge in [-0.2, -0.15) is 0 Å². The van der Waals surface area contributed by atoms with E-state index in [9.17, 15) is 4.79 Å².